The summed E-state index contributed by atoms with van der Waals surface area (Å²) in [5.41, 5.74) is 3.48. The molecule has 3 nitrogen and oxygen atoms in total. The molecular formula is C26H32N2OSi. The van der Waals surface area contributed by atoms with Crippen LogP contribution in [0.25, 0.3) is 0 Å². The second-order valence-electron chi connectivity index (χ2n) is 8.62. The smallest absolute Gasteiger partial charge is 0.267 e. The number of allylic oxidation sites excluding steroid dienone is 1. The number of hydrazone groups is 1. The van der Waals surface area contributed by atoms with E-state index in [4.69, 9.17) is 5.10 Å². The molecule has 1 heterocycles. The highest BCUT2D eigenvalue weighted by molar-refractivity contribution is 6.81. The van der Waals surface area contributed by atoms with Gasteiger partial charge in [-0.15, -0.1) is 0 Å². The van der Waals surface area contributed by atoms with Gasteiger partial charge in [-0.3, -0.25) is 4.79 Å². The Morgan fingerprint density at radius 1 is 0.933 bits per heavy atom. The molecule has 0 fully saturated rings. The summed E-state index contributed by atoms with van der Waals surface area (Å²) in [6.07, 6.45) is 5.68. The third-order valence-electron chi connectivity index (χ3n) is 7.51. The lowest BCUT2D eigenvalue weighted by molar-refractivity contribution is 0.0662. The van der Waals surface area contributed by atoms with Gasteiger partial charge in [0.25, 0.3) is 5.91 Å². The number of rotatable bonds is 6. The third-order valence-corrected chi connectivity index (χ3v) is 13.8. The molecule has 0 aromatic heterocycles. The third kappa shape index (κ3) is 3.58. The minimum Gasteiger partial charge on any atom is -0.267 e. The zero-order valence-corrected chi connectivity index (χ0v) is 19.3. The van der Waals surface area contributed by atoms with E-state index in [1.165, 1.54) is 18.1 Å². The summed E-state index contributed by atoms with van der Waals surface area (Å²) in [5, 5.41) is 6.71. The monoisotopic (exact) mass is 416 g/mol. The first-order valence-electron chi connectivity index (χ1n) is 11.3. The van der Waals surface area contributed by atoms with E-state index in [2.05, 4.69) is 57.2 Å². The van der Waals surface area contributed by atoms with Gasteiger partial charge in [0.05, 0.1) is 19.8 Å². The number of nitrogens with zero attached hydrogens (tertiary/aromatic N) is 2. The molecule has 1 amide bonds. The summed E-state index contributed by atoms with van der Waals surface area (Å²) in [6.45, 7) is 7.13. The van der Waals surface area contributed by atoms with Crippen molar-refractivity contribution < 1.29 is 4.79 Å². The Hall–Kier alpha value is -2.46. The molecule has 0 saturated heterocycles. The molecule has 0 N–H and O–H groups in total. The summed E-state index contributed by atoms with van der Waals surface area (Å²) in [4.78, 5) is 13.5. The van der Waals surface area contributed by atoms with Gasteiger partial charge in [-0.25, -0.2) is 5.01 Å². The average molecular weight is 417 g/mol. The van der Waals surface area contributed by atoms with E-state index in [1.807, 2.05) is 36.4 Å². The van der Waals surface area contributed by atoms with Gasteiger partial charge in [-0.2, -0.15) is 5.10 Å². The maximum absolute atomic E-state index is 13.5. The van der Waals surface area contributed by atoms with Gasteiger partial charge in [0.2, 0.25) is 0 Å². The number of hydrogen-bond acceptors (Lipinski definition) is 2. The lowest BCUT2D eigenvalue weighted by Crippen LogP contribution is -2.48. The normalized spacial score (nSPS) is 23.2. The van der Waals surface area contributed by atoms with Crippen molar-refractivity contribution in [2.75, 3.05) is 0 Å². The molecule has 2 aromatic carbocycles. The van der Waals surface area contributed by atoms with Crippen molar-refractivity contribution in [3.63, 3.8) is 0 Å². The van der Waals surface area contributed by atoms with E-state index in [1.54, 1.807) is 5.01 Å². The number of benzene rings is 2. The zero-order valence-electron chi connectivity index (χ0n) is 18.3. The van der Waals surface area contributed by atoms with E-state index in [0.717, 1.165) is 17.7 Å². The lowest BCUT2D eigenvalue weighted by atomic mass is 9.90. The predicted octanol–water partition coefficient (Wildman–Crippen LogP) is 6.37. The fraction of sp³-hybridized carbons (Fsp3) is 0.385. The van der Waals surface area contributed by atoms with Gasteiger partial charge in [0, 0.05) is 5.56 Å². The van der Waals surface area contributed by atoms with Crippen LogP contribution in [0.1, 0.15) is 43.1 Å². The largest absolute Gasteiger partial charge is 0.274 e. The molecule has 0 unspecified atom stereocenters. The Labute approximate surface area is 181 Å². The molecule has 4 heteroatoms. The molecule has 0 saturated carbocycles. The highest BCUT2D eigenvalue weighted by atomic mass is 28.3. The minimum atomic E-state index is -1.45. The van der Waals surface area contributed by atoms with Crippen molar-refractivity contribution in [2.45, 2.75) is 56.9 Å². The quantitative estimate of drug-likeness (QED) is 0.398. The summed E-state index contributed by atoms with van der Waals surface area (Å²) in [6, 6.07) is 23.9. The van der Waals surface area contributed by atoms with Crippen molar-refractivity contribution in [1.29, 1.82) is 0 Å². The second-order valence-corrected chi connectivity index (χ2v) is 14.1. The Morgan fingerprint density at radius 2 is 1.53 bits per heavy atom. The topological polar surface area (TPSA) is 32.7 Å². The molecule has 4 rings (SSSR count). The standard InChI is InChI=1S/C26H32N2OSi/c1-4-30(5-2,6-3)25-18-17-24-22(25)19-23(20-13-9-7-10-14-20)27-28(24)26(29)21-15-11-8-12-16-21/h7-18,22,24-25H,4-6,19H2,1-3H3/t22-,24-,25-/m1/s1. The highest BCUT2D eigenvalue weighted by Crippen LogP contribution is 2.49. The number of carbonyl (C=O) groups is 1. The fourth-order valence-electron chi connectivity index (χ4n) is 5.52. The average Bonchev–Trinajstić information content (AvgIpc) is 3.25. The molecule has 3 atom stereocenters. The summed E-state index contributed by atoms with van der Waals surface area (Å²) in [5.74, 6) is 0.428. The van der Waals surface area contributed by atoms with E-state index < -0.39 is 8.07 Å². The first-order chi connectivity index (χ1) is 14.6. The van der Waals surface area contributed by atoms with E-state index in [0.29, 0.717) is 17.0 Å². The van der Waals surface area contributed by atoms with Crippen LogP contribution in [0, 0.1) is 5.92 Å². The van der Waals surface area contributed by atoms with Crippen LogP contribution in [0.2, 0.25) is 23.7 Å². The Balaban J connectivity index is 1.76. The fourth-order valence-corrected chi connectivity index (χ4v) is 10.2. The van der Waals surface area contributed by atoms with Crippen LogP contribution in [0.4, 0.5) is 0 Å². The van der Waals surface area contributed by atoms with Crippen LogP contribution in [-0.4, -0.2) is 30.7 Å². The summed E-state index contributed by atoms with van der Waals surface area (Å²) in [7, 11) is -1.45. The molecular weight excluding hydrogens is 384 g/mol. The minimum absolute atomic E-state index is 0.000734. The number of carbonyl (C=O) groups excluding carboxylic acids is 1. The van der Waals surface area contributed by atoms with Gasteiger partial charge in [0.15, 0.2) is 0 Å². The lowest BCUT2D eigenvalue weighted by Gasteiger charge is -2.43. The van der Waals surface area contributed by atoms with Gasteiger partial charge < -0.3 is 0 Å². The highest BCUT2D eigenvalue weighted by Gasteiger charge is 2.49. The zero-order chi connectivity index (χ0) is 21.1. The molecule has 30 heavy (non-hydrogen) atoms. The van der Waals surface area contributed by atoms with Crippen LogP contribution >= 0.6 is 0 Å². The second kappa shape index (κ2) is 8.72. The maximum atomic E-state index is 13.5. The first-order valence-corrected chi connectivity index (χ1v) is 14.0. The van der Waals surface area contributed by atoms with Crippen LogP contribution < -0.4 is 0 Å². The molecule has 156 valence electrons. The van der Waals surface area contributed by atoms with Crippen molar-refractivity contribution in [3.8, 4) is 0 Å². The van der Waals surface area contributed by atoms with E-state index in [-0.39, 0.29) is 11.9 Å². The van der Waals surface area contributed by atoms with E-state index in [9.17, 15) is 4.79 Å². The van der Waals surface area contributed by atoms with Gasteiger partial charge >= 0.3 is 0 Å². The van der Waals surface area contributed by atoms with Crippen LogP contribution in [0.5, 0.6) is 0 Å². The molecule has 2 aliphatic rings. The van der Waals surface area contributed by atoms with Crippen LogP contribution in [0.15, 0.2) is 77.9 Å². The van der Waals surface area contributed by atoms with E-state index >= 15 is 0 Å². The van der Waals surface area contributed by atoms with Crippen LogP contribution in [0.3, 0.4) is 0 Å². The number of fused-ring (bicyclic) bond motifs is 1. The number of amides is 1. The van der Waals surface area contributed by atoms with Crippen molar-refractivity contribution in [1.82, 2.24) is 5.01 Å². The number of hydrogen-bond donors (Lipinski definition) is 0. The Bertz CT molecular complexity index is 926. The van der Waals surface area contributed by atoms with Crippen molar-refractivity contribution in [2.24, 2.45) is 11.0 Å². The maximum Gasteiger partial charge on any atom is 0.274 e. The molecule has 2 aromatic rings. The molecule has 1 aliphatic heterocycles. The van der Waals surface area contributed by atoms with Gasteiger partial charge in [0.1, 0.15) is 0 Å². The molecule has 0 radical (unpaired) electrons. The molecule has 1 aliphatic carbocycles. The van der Waals surface area contributed by atoms with Crippen molar-refractivity contribution in [3.05, 3.63) is 83.9 Å². The predicted molar refractivity (Wildman–Crippen MR) is 128 cm³/mol. The molecule has 0 spiro atoms. The van der Waals surface area contributed by atoms with Gasteiger partial charge in [-0.05, 0) is 35.6 Å². The first kappa shape index (κ1) is 20.8. The Morgan fingerprint density at radius 3 is 2.13 bits per heavy atom. The molecule has 0 bridgehead atoms. The van der Waals surface area contributed by atoms with Crippen LogP contribution in [-0.2, 0) is 0 Å². The summed E-state index contributed by atoms with van der Waals surface area (Å²) < 4.78 is 0. The van der Waals surface area contributed by atoms with Gasteiger partial charge in [-0.1, -0.05) is 99.6 Å². The Kier molecular flexibility index (Phi) is 6.05. The summed E-state index contributed by atoms with van der Waals surface area (Å²) >= 11 is 0. The van der Waals surface area contributed by atoms with Crippen molar-refractivity contribution >= 4 is 19.7 Å². The SMILES string of the molecule is CC[Si](CC)(CC)[C@@H]1C=C[C@@H]2[C@H]1CC(c1ccccc1)=NN2C(=O)c1ccccc1.